The van der Waals surface area contributed by atoms with Crippen molar-refractivity contribution in [3.05, 3.63) is 35.4 Å². The normalized spacial score (nSPS) is 14.3. The highest BCUT2D eigenvalue weighted by Crippen LogP contribution is 2.25. The van der Waals surface area contributed by atoms with Crippen molar-refractivity contribution < 1.29 is 9.90 Å². The molecule has 0 aliphatic carbocycles. The Balaban J connectivity index is 2.89. The van der Waals surface area contributed by atoms with Gasteiger partial charge < -0.3 is 10.4 Å². The van der Waals surface area contributed by atoms with Gasteiger partial charge in [0.25, 0.3) is 0 Å². The Bertz CT molecular complexity index is 384. The molecule has 2 atom stereocenters. The van der Waals surface area contributed by atoms with Crippen molar-refractivity contribution in [3.8, 4) is 0 Å². The predicted octanol–water partition coefficient (Wildman–Crippen LogP) is 2.23. The summed E-state index contributed by atoms with van der Waals surface area (Å²) >= 11 is 0. The molecule has 0 spiro atoms. The second kappa shape index (κ2) is 6.55. The lowest BCUT2D eigenvalue weighted by Gasteiger charge is -2.22. The van der Waals surface area contributed by atoms with Crippen LogP contribution < -0.4 is 5.32 Å². The van der Waals surface area contributed by atoms with Crippen LogP contribution >= 0.6 is 0 Å². The summed E-state index contributed by atoms with van der Waals surface area (Å²) in [6, 6.07) is 7.84. The predicted molar refractivity (Wildman–Crippen MR) is 73.4 cm³/mol. The molecule has 0 aromatic heterocycles. The number of hydrogen-bond donors (Lipinski definition) is 2. The standard InChI is InChI=1S/C15H23NO2/c1-10(2)14(15(18)16-12(4)9-17)13-7-5-11(3)6-8-13/h5-8,10,12,14,17H,9H2,1-4H3,(H,16,18)/t12-,14?/m0/s1. The largest absolute Gasteiger partial charge is 0.394 e. The number of aliphatic hydroxyl groups is 1. The SMILES string of the molecule is Cc1ccc(C(C(=O)N[C@@H](C)CO)C(C)C)cc1. The van der Waals surface area contributed by atoms with Gasteiger partial charge in [-0.1, -0.05) is 43.7 Å². The van der Waals surface area contributed by atoms with Crippen molar-refractivity contribution in [1.82, 2.24) is 5.32 Å². The molecule has 18 heavy (non-hydrogen) atoms. The molecule has 100 valence electrons. The molecule has 0 aliphatic heterocycles. The number of aryl methyl sites for hydroxylation is 1. The van der Waals surface area contributed by atoms with Gasteiger partial charge in [-0.3, -0.25) is 4.79 Å². The lowest BCUT2D eigenvalue weighted by molar-refractivity contribution is -0.124. The molecule has 0 aliphatic rings. The van der Waals surface area contributed by atoms with Gasteiger partial charge in [0.1, 0.15) is 0 Å². The topological polar surface area (TPSA) is 49.3 Å². The number of hydrogen-bond acceptors (Lipinski definition) is 2. The first-order chi connectivity index (χ1) is 8.45. The van der Waals surface area contributed by atoms with E-state index in [2.05, 4.69) is 5.32 Å². The maximum atomic E-state index is 12.2. The van der Waals surface area contributed by atoms with Crippen LogP contribution in [0, 0.1) is 12.8 Å². The zero-order valence-corrected chi connectivity index (χ0v) is 11.6. The fourth-order valence-electron chi connectivity index (χ4n) is 1.99. The Labute approximate surface area is 109 Å². The number of amides is 1. The number of rotatable bonds is 5. The third-order valence-electron chi connectivity index (χ3n) is 3.05. The van der Waals surface area contributed by atoms with E-state index in [-0.39, 0.29) is 30.4 Å². The molecule has 0 fully saturated rings. The summed E-state index contributed by atoms with van der Waals surface area (Å²) in [5, 5.41) is 11.8. The lowest BCUT2D eigenvalue weighted by Crippen LogP contribution is -2.39. The van der Waals surface area contributed by atoms with Gasteiger partial charge in [-0.15, -0.1) is 0 Å². The minimum atomic E-state index is -0.204. The van der Waals surface area contributed by atoms with E-state index >= 15 is 0 Å². The second-order valence-electron chi connectivity index (χ2n) is 5.22. The number of nitrogens with one attached hydrogen (secondary N) is 1. The first-order valence-electron chi connectivity index (χ1n) is 6.43. The van der Waals surface area contributed by atoms with E-state index in [1.165, 1.54) is 5.56 Å². The van der Waals surface area contributed by atoms with Crippen molar-refractivity contribution in [2.24, 2.45) is 5.92 Å². The number of aliphatic hydroxyl groups excluding tert-OH is 1. The van der Waals surface area contributed by atoms with Gasteiger partial charge in [-0.25, -0.2) is 0 Å². The van der Waals surface area contributed by atoms with E-state index in [9.17, 15) is 4.79 Å². The summed E-state index contributed by atoms with van der Waals surface area (Å²) < 4.78 is 0. The molecule has 1 rings (SSSR count). The molecule has 1 aromatic rings. The van der Waals surface area contributed by atoms with E-state index in [4.69, 9.17) is 5.11 Å². The van der Waals surface area contributed by atoms with Gasteiger partial charge in [0.05, 0.1) is 12.5 Å². The van der Waals surface area contributed by atoms with Crippen molar-refractivity contribution in [2.45, 2.75) is 39.7 Å². The molecule has 1 unspecified atom stereocenters. The Morgan fingerprint density at radius 3 is 2.22 bits per heavy atom. The van der Waals surface area contributed by atoms with Crippen LogP contribution in [0.25, 0.3) is 0 Å². The van der Waals surface area contributed by atoms with Crippen molar-refractivity contribution in [3.63, 3.8) is 0 Å². The molecule has 2 N–H and O–H groups in total. The maximum absolute atomic E-state index is 12.2. The minimum Gasteiger partial charge on any atom is -0.394 e. The molecule has 3 heteroatoms. The van der Waals surface area contributed by atoms with Crippen LogP contribution in [0.15, 0.2) is 24.3 Å². The summed E-state index contributed by atoms with van der Waals surface area (Å²) in [7, 11) is 0. The van der Waals surface area contributed by atoms with E-state index in [1.807, 2.05) is 45.0 Å². The lowest BCUT2D eigenvalue weighted by atomic mass is 9.87. The highest BCUT2D eigenvalue weighted by molar-refractivity contribution is 5.84. The van der Waals surface area contributed by atoms with Crippen molar-refractivity contribution in [2.75, 3.05) is 6.61 Å². The maximum Gasteiger partial charge on any atom is 0.228 e. The van der Waals surface area contributed by atoms with E-state index in [0.717, 1.165) is 5.56 Å². The molecule has 0 heterocycles. The molecular formula is C15H23NO2. The van der Waals surface area contributed by atoms with E-state index in [0.29, 0.717) is 0 Å². The average molecular weight is 249 g/mol. The fraction of sp³-hybridized carbons (Fsp3) is 0.533. The molecule has 3 nitrogen and oxygen atoms in total. The summed E-state index contributed by atoms with van der Waals surface area (Å²) in [6.07, 6.45) is 0. The highest BCUT2D eigenvalue weighted by Gasteiger charge is 2.24. The van der Waals surface area contributed by atoms with Gasteiger partial charge in [0.2, 0.25) is 5.91 Å². The molecule has 1 amide bonds. The van der Waals surface area contributed by atoms with Crippen LogP contribution in [0.2, 0.25) is 0 Å². The fourth-order valence-corrected chi connectivity index (χ4v) is 1.99. The number of carbonyl (C=O) groups excluding carboxylic acids is 1. The molecule has 0 bridgehead atoms. The Kier molecular flexibility index (Phi) is 5.35. The molecular weight excluding hydrogens is 226 g/mol. The van der Waals surface area contributed by atoms with Crippen LogP contribution in [-0.2, 0) is 4.79 Å². The minimum absolute atomic E-state index is 0.0181. The van der Waals surface area contributed by atoms with Crippen molar-refractivity contribution in [1.29, 1.82) is 0 Å². The van der Waals surface area contributed by atoms with Crippen LogP contribution in [0.3, 0.4) is 0 Å². The van der Waals surface area contributed by atoms with Crippen LogP contribution in [0.1, 0.15) is 37.8 Å². The number of carbonyl (C=O) groups is 1. The number of benzene rings is 1. The van der Waals surface area contributed by atoms with Gasteiger partial charge in [0.15, 0.2) is 0 Å². The van der Waals surface area contributed by atoms with Gasteiger partial charge in [-0.2, -0.15) is 0 Å². The van der Waals surface area contributed by atoms with E-state index < -0.39 is 0 Å². The van der Waals surface area contributed by atoms with Crippen LogP contribution in [0.4, 0.5) is 0 Å². The summed E-state index contributed by atoms with van der Waals surface area (Å²) in [4.78, 5) is 12.2. The smallest absolute Gasteiger partial charge is 0.228 e. The molecule has 0 saturated heterocycles. The van der Waals surface area contributed by atoms with Crippen LogP contribution in [-0.4, -0.2) is 23.7 Å². The monoisotopic (exact) mass is 249 g/mol. The quantitative estimate of drug-likeness (QED) is 0.840. The van der Waals surface area contributed by atoms with Crippen LogP contribution in [0.5, 0.6) is 0 Å². The summed E-state index contributed by atoms with van der Waals surface area (Å²) in [5.74, 6) is 0.0357. The van der Waals surface area contributed by atoms with Crippen molar-refractivity contribution >= 4 is 5.91 Å². The Hall–Kier alpha value is -1.35. The van der Waals surface area contributed by atoms with Gasteiger partial charge >= 0.3 is 0 Å². The zero-order chi connectivity index (χ0) is 13.7. The van der Waals surface area contributed by atoms with Gasteiger partial charge in [0, 0.05) is 6.04 Å². The van der Waals surface area contributed by atoms with Gasteiger partial charge in [-0.05, 0) is 25.3 Å². The third-order valence-corrected chi connectivity index (χ3v) is 3.05. The molecule has 0 saturated carbocycles. The first-order valence-corrected chi connectivity index (χ1v) is 6.43. The molecule has 1 aromatic carbocycles. The first kappa shape index (κ1) is 14.7. The average Bonchev–Trinajstić information content (AvgIpc) is 2.31. The second-order valence-corrected chi connectivity index (χ2v) is 5.22. The highest BCUT2D eigenvalue weighted by atomic mass is 16.3. The third kappa shape index (κ3) is 3.84. The Morgan fingerprint density at radius 2 is 1.78 bits per heavy atom. The summed E-state index contributed by atoms with van der Waals surface area (Å²) in [5.41, 5.74) is 2.21. The summed E-state index contributed by atoms with van der Waals surface area (Å²) in [6.45, 7) is 7.86. The van der Waals surface area contributed by atoms with E-state index in [1.54, 1.807) is 6.92 Å². The Morgan fingerprint density at radius 1 is 1.22 bits per heavy atom. The molecule has 0 radical (unpaired) electrons. The zero-order valence-electron chi connectivity index (χ0n) is 11.6.